The Labute approximate surface area is 193 Å². The van der Waals surface area contributed by atoms with Crippen LogP contribution in [-0.2, 0) is 32.2 Å². The monoisotopic (exact) mass is 457 g/mol. The maximum Gasteiger partial charge on any atom is 0.302 e. The molecule has 0 saturated carbocycles. The van der Waals surface area contributed by atoms with E-state index in [9.17, 15) is 4.79 Å². The van der Waals surface area contributed by atoms with E-state index in [2.05, 4.69) is 15.0 Å². The third-order valence-electron chi connectivity index (χ3n) is 4.88. The van der Waals surface area contributed by atoms with Gasteiger partial charge in [-0.1, -0.05) is 30.3 Å². The van der Waals surface area contributed by atoms with Gasteiger partial charge in [0.1, 0.15) is 6.61 Å². The molecule has 3 rings (SSSR count). The number of benzene rings is 1. The van der Waals surface area contributed by atoms with Crippen LogP contribution in [0.3, 0.4) is 0 Å². The number of nitrogens with zero attached hydrogens (tertiary/aromatic N) is 4. The zero-order valence-electron chi connectivity index (χ0n) is 19.3. The van der Waals surface area contributed by atoms with Crippen LogP contribution in [0.4, 0.5) is 5.95 Å². The molecular formula is C23H31N5O5. The molecule has 0 amide bonds. The van der Waals surface area contributed by atoms with Gasteiger partial charge in [-0.25, -0.2) is 4.98 Å². The molecule has 1 atom stereocenters. The smallest absolute Gasteiger partial charge is 0.302 e. The number of carbonyl (C=O) groups is 1. The van der Waals surface area contributed by atoms with Gasteiger partial charge in [0.2, 0.25) is 11.8 Å². The molecule has 33 heavy (non-hydrogen) atoms. The second-order valence-electron chi connectivity index (χ2n) is 7.47. The van der Waals surface area contributed by atoms with E-state index >= 15 is 0 Å². The van der Waals surface area contributed by atoms with Crippen molar-refractivity contribution in [3.63, 3.8) is 0 Å². The Morgan fingerprint density at radius 1 is 1.12 bits per heavy atom. The summed E-state index contributed by atoms with van der Waals surface area (Å²) in [7, 11) is 0. The van der Waals surface area contributed by atoms with Gasteiger partial charge in [-0.05, 0) is 19.4 Å². The van der Waals surface area contributed by atoms with Crippen molar-refractivity contribution in [2.75, 3.05) is 25.6 Å². The summed E-state index contributed by atoms with van der Waals surface area (Å²) in [5.74, 6) is -0.0203. The number of ether oxygens (including phenoxy) is 4. The third-order valence-corrected chi connectivity index (χ3v) is 4.88. The molecule has 2 heterocycles. The van der Waals surface area contributed by atoms with Crippen LogP contribution in [0.5, 0.6) is 5.88 Å². The zero-order chi connectivity index (χ0) is 23.6. The number of hydrogen-bond acceptors (Lipinski definition) is 9. The van der Waals surface area contributed by atoms with E-state index in [1.807, 2.05) is 48.7 Å². The molecule has 0 unspecified atom stereocenters. The summed E-state index contributed by atoms with van der Waals surface area (Å²) in [6.07, 6.45) is 1.78. The predicted molar refractivity (Wildman–Crippen MR) is 122 cm³/mol. The molecule has 0 radical (unpaired) electrons. The van der Waals surface area contributed by atoms with Gasteiger partial charge in [0, 0.05) is 39.0 Å². The maximum atomic E-state index is 11.5. The average molecular weight is 458 g/mol. The quantitative estimate of drug-likeness (QED) is 0.305. The molecule has 2 N–H and O–H groups in total. The van der Waals surface area contributed by atoms with Crippen LogP contribution in [0.25, 0.3) is 11.2 Å². The van der Waals surface area contributed by atoms with Gasteiger partial charge in [0.05, 0.1) is 12.9 Å². The largest absolute Gasteiger partial charge is 0.471 e. The molecule has 0 aliphatic heterocycles. The Balaban J connectivity index is 1.85. The summed E-state index contributed by atoms with van der Waals surface area (Å²) in [5, 5.41) is 0. The van der Waals surface area contributed by atoms with E-state index in [-0.39, 0.29) is 24.4 Å². The number of nitrogen functional groups attached to an aromatic ring is 1. The third kappa shape index (κ3) is 7.13. The van der Waals surface area contributed by atoms with E-state index < -0.39 is 6.29 Å². The lowest BCUT2D eigenvalue weighted by atomic mass is 10.1. The highest BCUT2D eigenvalue weighted by Crippen LogP contribution is 2.26. The molecule has 0 fully saturated rings. The Bertz CT molecular complexity index is 1020. The summed E-state index contributed by atoms with van der Waals surface area (Å²) >= 11 is 0. The first-order chi connectivity index (χ1) is 16.0. The topological polar surface area (TPSA) is 124 Å². The lowest BCUT2D eigenvalue weighted by Crippen LogP contribution is -2.27. The average Bonchev–Trinajstić information content (AvgIpc) is 3.19. The van der Waals surface area contributed by atoms with Crippen LogP contribution in [-0.4, -0.2) is 51.6 Å². The van der Waals surface area contributed by atoms with Crippen LogP contribution < -0.4 is 10.5 Å². The van der Waals surface area contributed by atoms with Gasteiger partial charge in [0.25, 0.3) is 0 Å². The molecule has 0 aliphatic rings. The molecular weight excluding hydrogens is 426 g/mol. The summed E-state index contributed by atoms with van der Waals surface area (Å²) in [5.41, 5.74) is 7.93. The molecule has 1 aromatic carbocycles. The van der Waals surface area contributed by atoms with Crippen LogP contribution in [0.15, 0.2) is 36.7 Å². The second-order valence-corrected chi connectivity index (χ2v) is 7.47. The number of carbonyl (C=O) groups excluding carboxylic acids is 1. The Morgan fingerprint density at radius 3 is 2.52 bits per heavy atom. The van der Waals surface area contributed by atoms with Gasteiger partial charge in [0.15, 0.2) is 17.5 Å². The summed E-state index contributed by atoms with van der Waals surface area (Å²) in [6, 6.07) is 9.77. The Hall–Kier alpha value is -3.24. The van der Waals surface area contributed by atoms with Crippen LogP contribution in [0.2, 0.25) is 0 Å². The fourth-order valence-corrected chi connectivity index (χ4v) is 3.46. The van der Waals surface area contributed by atoms with Gasteiger partial charge in [-0.15, -0.1) is 0 Å². The lowest BCUT2D eigenvalue weighted by Gasteiger charge is -2.24. The molecule has 10 heteroatoms. The Kier molecular flexibility index (Phi) is 8.96. The van der Waals surface area contributed by atoms with Gasteiger partial charge < -0.3 is 29.2 Å². The number of aromatic nitrogens is 4. The van der Waals surface area contributed by atoms with Gasteiger partial charge in [-0.3, -0.25) is 4.79 Å². The van der Waals surface area contributed by atoms with E-state index in [0.717, 1.165) is 5.56 Å². The van der Waals surface area contributed by atoms with E-state index in [1.54, 1.807) is 6.33 Å². The minimum Gasteiger partial charge on any atom is -0.471 e. The van der Waals surface area contributed by atoms with E-state index in [4.69, 9.17) is 24.7 Å². The number of rotatable bonds is 13. The van der Waals surface area contributed by atoms with Crippen LogP contribution >= 0.6 is 0 Å². The second kappa shape index (κ2) is 12.1. The summed E-state index contributed by atoms with van der Waals surface area (Å²) in [4.78, 5) is 24.4. The summed E-state index contributed by atoms with van der Waals surface area (Å²) in [6.45, 7) is 7.25. The molecule has 10 nitrogen and oxygen atoms in total. The van der Waals surface area contributed by atoms with Crippen molar-refractivity contribution in [3.8, 4) is 5.88 Å². The number of anilines is 1. The lowest BCUT2D eigenvalue weighted by molar-refractivity contribution is -0.156. The standard InChI is InChI=1S/C23H31N5O5/c1-4-30-19(31-5-2)11-18(14-32-16(3)29)12-28-15-25-21-20(28)22(27-23(24)26-21)33-13-17-9-7-6-8-10-17/h6-10,15,18-19H,4-5,11-14H2,1-3H3,(H2,24,26,27)/t18-/m1/s1. The van der Waals surface area contributed by atoms with Crippen molar-refractivity contribution in [2.45, 2.75) is 46.6 Å². The fraction of sp³-hybridized carbons (Fsp3) is 0.478. The number of esters is 1. The van der Waals surface area contributed by atoms with Gasteiger partial charge in [-0.2, -0.15) is 9.97 Å². The molecule has 2 aromatic heterocycles. The molecule has 3 aromatic rings. The predicted octanol–water partition coefficient (Wildman–Crippen LogP) is 2.96. The minimum absolute atomic E-state index is 0.0834. The molecule has 0 saturated heterocycles. The SMILES string of the molecule is CCOC(C[C@@H](COC(C)=O)Cn1cnc2nc(N)nc(OCc3ccccc3)c21)OCC. The minimum atomic E-state index is -0.406. The highest BCUT2D eigenvalue weighted by atomic mass is 16.7. The van der Waals surface area contributed by atoms with E-state index in [0.29, 0.717) is 49.8 Å². The van der Waals surface area contributed by atoms with Crippen LogP contribution in [0.1, 0.15) is 32.8 Å². The zero-order valence-corrected chi connectivity index (χ0v) is 19.3. The van der Waals surface area contributed by atoms with Crippen LogP contribution in [0, 0.1) is 5.92 Å². The van der Waals surface area contributed by atoms with E-state index in [1.165, 1.54) is 6.92 Å². The molecule has 0 spiro atoms. The summed E-state index contributed by atoms with van der Waals surface area (Å²) < 4.78 is 24.6. The first-order valence-corrected chi connectivity index (χ1v) is 11.0. The fourth-order valence-electron chi connectivity index (χ4n) is 3.46. The molecule has 0 aliphatic carbocycles. The van der Waals surface area contributed by atoms with Crippen molar-refractivity contribution in [2.24, 2.45) is 5.92 Å². The number of fused-ring (bicyclic) bond motifs is 1. The van der Waals surface area contributed by atoms with Gasteiger partial charge >= 0.3 is 5.97 Å². The molecule has 178 valence electrons. The van der Waals surface area contributed by atoms with Crippen molar-refractivity contribution in [1.82, 2.24) is 19.5 Å². The Morgan fingerprint density at radius 2 is 1.85 bits per heavy atom. The van der Waals surface area contributed by atoms with Crippen molar-refractivity contribution in [1.29, 1.82) is 0 Å². The molecule has 0 bridgehead atoms. The van der Waals surface area contributed by atoms with Crippen molar-refractivity contribution >= 4 is 23.1 Å². The number of hydrogen-bond donors (Lipinski definition) is 1. The normalized spacial score (nSPS) is 12.2. The number of nitrogens with two attached hydrogens (primary N) is 1. The highest BCUT2D eigenvalue weighted by Gasteiger charge is 2.22. The first-order valence-electron chi connectivity index (χ1n) is 11.0. The maximum absolute atomic E-state index is 11.5. The highest BCUT2D eigenvalue weighted by molar-refractivity contribution is 5.77. The first kappa shape index (κ1) is 24.4. The van der Waals surface area contributed by atoms with Crippen molar-refractivity contribution < 1.29 is 23.7 Å². The number of imidazole rings is 1. The van der Waals surface area contributed by atoms with Crippen molar-refractivity contribution in [3.05, 3.63) is 42.2 Å².